The summed E-state index contributed by atoms with van der Waals surface area (Å²) in [6, 6.07) is 16.1. The molecule has 6 heteroatoms. The molecule has 6 nitrogen and oxygen atoms in total. The Balaban J connectivity index is 1.69. The lowest BCUT2D eigenvalue weighted by Crippen LogP contribution is -2.41. The summed E-state index contributed by atoms with van der Waals surface area (Å²) in [6.07, 6.45) is 1.08. The number of anilines is 3. The maximum Gasteiger partial charge on any atom is 0.242 e. The van der Waals surface area contributed by atoms with E-state index in [-0.39, 0.29) is 17.7 Å². The van der Waals surface area contributed by atoms with E-state index in [4.69, 9.17) is 0 Å². The SMILES string of the molecule is CC(=O)Nc1ccc(NC(=O)C2(C(=O)N(C)c3ccccc3)CC2)cc1. The molecular weight excluding hydrogens is 330 g/mol. The van der Waals surface area contributed by atoms with Crippen LogP contribution in [-0.4, -0.2) is 24.8 Å². The number of benzene rings is 2. The summed E-state index contributed by atoms with van der Waals surface area (Å²) in [5, 5.41) is 5.48. The highest BCUT2D eigenvalue weighted by Crippen LogP contribution is 2.48. The van der Waals surface area contributed by atoms with Gasteiger partial charge in [0.25, 0.3) is 0 Å². The molecular formula is C20H21N3O3. The highest BCUT2D eigenvalue weighted by Gasteiger charge is 2.57. The van der Waals surface area contributed by atoms with E-state index in [0.29, 0.717) is 24.2 Å². The molecule has 3 amide bonds. The molecule has 1 aliphatic rings. The molecule has 3 rings (SSSR count). The molecule has 0 saturated heterocycles. The Kier molecular flexibility index (Phi) is 4.75. The highest BCUT2D eigenvalue weighted by molar-refractivity contribution is 6.17. The lowest BCUT2D eigenvalue weighted by molar-refractivity contribution is -0.132. The van der Waals surface area contributed by atoms with Crippen molar-refractivity contribution in [3.63, 3.8) is 0 Å². The van der Waals surface area contributed by atoms with Crippen molar-refractivity contribution in [1.82, 2.24) is 0 Å². The largest absolute Gasteiger partial charge is 0.326 e. The number of hydrogen-bond acceptors (Lipinski definition) is 3. The van der Waals surface area contributed by atoms with E-state index in [1.54, 1.807) is 31.3 Å². The van der Waals surface area contributed by atoms with Crippen molar-refractivity contribution in [1.29, 1.82) is 0 Å². The van der Waals surface area contributed by atoms with Crippen LogP contribution in [0.3, 0.4) is 0 Å². The first-order valence-corrected chi connectivity index (χ1v) is 8.45. The van der Waals surface area contributed by atoms with Crippen LogP contribution < -0.4 is 15.5 Å². The van der Waals surface area contributed by atoms with E-state index in [9.17, 15) is 14.4 Å². The molecule has 0 radical (unpaired) electrons. The van der Waals surface area contributed by atoms with Gasteiger partial charge in [-0.3, -0.25) is 14.4 Å². The Morgan fingerprint density at radius 1 is 0.885 bits per heavy atom. The third-order valence-corrected chi connectivity index (χ3v) is 4.51. The lowest BCUT2D eigenvalue weighted by atomic mass is 10.0. The van der Waals surface area contributed by atoms with Crippen LogP contribution >= 0.6 is 0 Å². The van der Waals surface area contributed by atoms with Crippen LogP contribution in [0.5, 0.6) is 0 Å². The first-order valence-electron chi connectivity index (χ1n) is 8.45. The fraction of sp³-hybridized carbons (Fsp3) is 0.250. The Labute approximate surface area is 152 Å². The first kappa shape index (κ1) is 17.7. The van der Waals surface area contributed by atoms with Gasteiger partial charge in [0.2, 0.25) is 17.7 Å². The van der Waals surface area contributed by atoms with Gasteiger partial charge in [-0.2, -0.15) is 0 Å². The number of rotatable bonds is 5. The summed E-state index contributed by atoms with van der Waals surface area (Å²) in [5.41, 5.74) is 0.999. The third-order valence-electron chi connectivity index (χ3n) is 4.51. The average molecular weight is 351 g/mol. The smallest absolute Gasteiger partial charge is 0.242 e. The second-order valence-electron chi connectivity index (χ2n) is 6.49. The maximum absolute atomic E-state index is 12.9. The summed E-state index contributed by atoms with van der Waals surface area (Å²) in [7, 11) is 1.69. The van der Waals surface area contributed by atoms with Gasteiger partial charge in [0.05, 0.1) is 0 Å². The second kappa shape index (κ2) is 7.00. The molecule has 0 bridgehead atoms. The van der Waals surface area contributed by atoms with Gasteiger partial charge in [0.1, 0.15) is 5.41 Å². The minimum Gasteiger partial charge on any atom is -0.326 e. The van der Waals surface area contributed by atoms with Crippen LogP contribution in [0.4, 0.5) is 17.1 Å². The van der Waals surface area contributed by atoms with Crippen LogP contribution in [0.1, 0.15) is 19.8 Å². The van der Waals surface area contributed by atoms with Crippen molar-refractivity contribution < 1.29 is 14.4 Å². The molecule has 134 valence electrons. The van der Waals surface area contributed by atoms with Crippen molar-refractivity contribution in [2.24, 2.45) is 5.41 Å². The normalized spacial score (nSPS) is 14.2. The standard InChI is InChI=1S/C20H21N3O3/c1-14(24)21-15-8-10-16(11-9-15)22-18(25)20(12-13-20)19(26)23(2)17-6-4-3-5-7-17/h3-11H,12-13H2,1-2H3,(H,21,24)(H,22,25). The summed E-state index contributed by atoms with van der Waals surface area (Å²) < 4.78 is 0. The zero-order chi connectivity index (χ0) is 18.7. The number of nitrogens with zero attached hydrogens (tertiary/aromatic N) is 1. The minimum absolute atomic E-state index is 0.159. The zero-order valence-electron chi connectivity index (χ0n) is 14.8. The van der Waals surface area contributed by atoms with E-state index < -0.39 is 5.41 Å². The summed E-state index contributed by atoms with van der Waals surface area (Å²) in [5.74, 6) is -0.651. The Hall–Kier alpha value is -3.15. The fourth-order valence-electron chi connectivity index (χ4n) is 2.84. The van der Waals surface area contributed by atoms with Crippen LogP contribution in [0.25, 0.3) is 0 Å². The molecule has 2 aromatic rings. The number of carbonyl (C=O) groups excluding carboxylic acids is 3. The van der Waals surface area contributed by atoms with E-state index >= 15 is 0 Å². The van der Waals surface area contributed by atoms with Crippen LogP contribution in [-0.2, 0) is 14.4 Å². The molecule has 2 N–H and O–H groups in total. The predicted octanol–water partition coefficient (Wildman–Crippen LogP) is 3.03. The Morgan fingerprint density at radius 2 is 1.42 bits per heavy atom. The van der Waals surface area contributed by atoms with Gasteiger partial charge in [0, 0.05) is 31.0 Å². The van der Waals surface area contributed by atoms with Gasteiger partial charge in [-0.25, -0.2) is 0 Å². The van der Waals surface area contributed by atoms with Gasteiger partial charge >= 0.3 is 0 Å². The van der Waals surface area contributed by atoms with Gasteiger partial charge in [-0.05, 0) is 49.2 Å². The molecule has 0 atom stereocenters. The molecule has 26 heavy (non-hydrogen) atoms. The van der Waals surface area contributed by atoms with Crippen molar-refractivity contribution in [2.45, 2.75) is 19.8 Å². The second-order valence-corrected chi connectivity index (χ2v) is 6.49. The highest BCUT2D eigenvalue weighted by atomic mass is 16.2. The van der Waals surface area contributed by atoms with Crippen molar-refractivity contribution in [3.8, 4) is 0 Å². The van der Waals surface area contributed by atoms with Gasteiger partial charge in [-0.15, -0.1) is 0 Å². The van der Waals surface area contributed by atoms with E-state index in [2.05, 4.69) is 10.6 Å². The first-order chi connectivity index (χ1) is 12.4. The number of para-hydroxylation sites is 1. The molecule has 0 spiro atoms. The molecule has 0 unspecified atom stereocenters. The van der Waals surface area contributed by atoms with Crippen LogP contribution in [0, 0.1) is 5.41 Å². The fourth-order valence-corrected chi connectivity index (χ4v) is 2.84. The monoisotopic (exact) mass is 351 g/mol. The lowest BCUT2D eigenvalue weighted by Gasteiger charge is -2.23. The van der Waals surface area contributed by atoms with E-state index in [1.165, 1.54) is 11.8 Å². The topological polar surface area (TPSA) is 78.5 Å². The zero-order valence-corrected chi connectivity index (χ0v) is 14.8. The molecule has 1 saturated carbocycles. The van der Waals surface area contributed by atoms with Crippen molar-refractivity contribution >= 4 is 34.8 Å². The number of amides is 3. The van der Waals surface area contributed by atoms with Gasteiger partial charge in [-0.1, -0.05) is 18.2 Å². The average Bonchev–Trinajstić information content (AvgIpc) is 3.44. The number of carbonyl (C=O) groups is 3. The predicted molar refractivity (Wildman–Crippen MR) is 101 cm³/mol. The molecule has 1 fully saturated rings. The van der Waals surface area contributed by atoms with Crippen LogP contribution in [0.15, 0.2) is 54.6 Å². The molecule has 0 heterocycles. The van der Waals surface area contributed by atoms with E-state index in [0.717, 1.165) is 5.69 Å². The van der Waals surface area contributed by atoms with Crippen molar-refractivity contribution in [2.75, 3.05) is 22.6 Å². The van der Waals surface area contributed by atoms with Gasteiger partial charge in [0.15, 0.2) is 0 Å². The summed E-state index contributed by atoms with van der Waals surface area (Å²) >= 11 is 0. The minimum atomic E-state index is -0.999. The molecule has 0 aliphatic heterocycles. The third kappa shape index (κ3) is 3.59. The number of hydrogen-bond donors (Lipinski definition) is 2. The quantitative estimate of drug-likeness (QED) is 0.813. The Morgan fingerprint density at radius 3 is 1.92 bits per heavy atom. The van der Waals surface area contributed by atoms with Crippen LogP contribution in [0.2, 0.25) is 0 Å². The summed E-state index contributed by atoms with van der Waals surface area (Å²) in [4.78, 5) is 38.1. The Bertz CT molecular complexity index is 827. The molecule has 1 aliphatic carbocycles. The summed E-state index contributed by atoms with van der Waals surface area (Å²) in [6.45, 7) is 1.43. The number of nitrogens with one attached hydrogen (secondary N) is 2. The van der Waals surface area contributed by atoms with Gasteiger partial charge < -0.3 is 15.5 Å². The molecule has 2 aromatic carbocycles. The van der Waals surface area contributed by atoms with Crippen molar-refractivity contribution in [3.05, 3.63) is 54.6 Å². The molecule has 0 aromatic heterocycles. The van der Waals surface area contributed by atoms with E-state index in [1.807, 2.05) is 30.3 Å². The maximum atomic E-state index is 12.9.